The molecule has 82 valence electrons. The highest BCUT2D eigenvalue weighted by Gasteiger charge is 2.07. The van der Waals surface area contributed by atoms with Crippen molar-refractivity contribution in [1.29, 1.82) is 0 Å². The predicted molar refractivity (Wildman–Crippen MR) is 56.7 cm³/mol. The molecule has 1 aromatic heterocycles. The Hall–Kier alpha value is -2.43. The second-order valence-corrected chi connectivity index (χ2v) is 3.30. The van der Waals surface area contributed by atoms with Gasteiger partial charge >= 0.3 is 0 Å². The standard InChI is InChI=1S/C11H9NO4/c13-8-3-1-7(2-4-8)9-6-12(16)11(15)5-10(9)14/h1-6,13-14,16H. The molecule has 1 heterocycles. The van der Waals surface area contributed by atoms with Crippen molar-refractivity contribution in [2.75, 3.05) is 0 Å². The number of rotatable bonds is 1. The molecule has 0 saturated carbocycles. The molecule has 2 aromatic rings. The van der Waals surface area contributed by atoms with Crippen LogP contribution in [0.25, 0.3) is 11.1 Å². The van der Waals surface area contributed by atoms with Crippen LogP contribution in [0.5, 0.6) is 11.5 Å². The summed E-state index contributed by atoms with van der Waals surface area (Å²) >= 11 is 0. The van der Waals surface area contributed by atoms with Gasteiger partial charge in [-0.2, -0.15) is 4.73 Å². The van der Waals surface area contributed by atoms with E-state index in [1.165, 1.54) is 12.1 Å². The highest BCUT2D eigenvalue weighted by Crippen LogP contribution is 2.28. The number of benzene rings is 1. The summed E-state index contributed by atoms with van der Waals surface area (Å²) in [5, 5.41) is 27.8. The molecule has 0 fully saturated rings. The molecule has 0 saturated heterocycles. The van der Waals surface area contributed by atoms with Crippen LogP contribution in [0.15, 0.2) is 41.3 Å². The molecule has 2 rings (SSSR count). The Bertz CT molecular complexity index is 572. The quantitative estimate of drug-likeness (QED) is 0.628. The lowest BCUT2D eigenvalue weighted by Gasteiger charge is -2.05. The second-order valence-electron chi connectivity index (χ2n) is 3.30. The zero-order valence-corrected chi connectivity index (χ0v) is 8.16. The minimum Gasteiger partial charge on any atom is -0.508 e. The van der Waals surface area contributed by atoms with Gasteiger partial charge in [0, 0.05) is 11.6 Å². The van der Waals surface area contributed by atoms with E-state index in [1.807, 2.05) is 0 Å². The van der Waals surface area contributed by atoms with Gasteiger partial charge in [0.25, 0.3) is 5.56 Å². The molecule has 0 aliphatic carbocycles. The Kier molecular flexibility index (Phi) is 2.28. The molecule has 5 nitrogen and oxygen atoms in total. The molecule has 0 atom stereocenters. The molecule has 3 N–H and O–H groups in total. The van der Waals surface area contributed by atoms with Gasteiger partial charge in [-0.05, 0) is 17.7 Å². The number of aromatic nitrogens is 1. The second kappa shape index (κ2) is 3.62. The molecule has 0 amide bonds. The summed E-state index contributed by atoms with van der Waals surface area (Å²) in [6.45, 7) is 0. The minimum absolute atomic E-state index is 0.0977. The number of phenols is 1. The monoisotopic (exact) mass is 219 g/mol. The lowest BCUT2D eigenvalue weighted by atomic mass is 10.1. The third-order valence-corrected chi connectivity index (χ3v) is 2.19. The Morgan fingerprint density at radius 3 is 2.31 bits per heavy atom. The molecule has 0 aliphatic heterocycles. The van der Waals surface area contributed by atoms with Crippen LogP contribution < -0.4 is 5.56 Å². The van der Waals surface area contributed by atoms with E-state index in [0.717, 1.165) is 12.3 Å². The lowest BCUT2D eigenvalue weighted by Crippen LogP contribution is -2.15. The van der Waals surface area contributed by atoms with Crippen molar-refractivity contribution in [3.8, 4) is 22.6 Å². The Morgan fingerprint density at radius 1 is 1.06 bits per heavy atom. The summed E-state index contributed by atoms with van der Waals surface area (Å²) in [5.41, 5.74) is 0.181. The largest absolute Gasteiger partial charge is 0.508 e. The maximum Gasteiger partial charge on any atom is 0.286 e. The van der Waals surface area contributed by atoms with Crippen molar-refractivity contribution < 1.29 is 15.4 Å². The Balaban J connectivity index is 2.60. The highest BCUT2D eigenvalue weighted by molar-refractivity contribution is 5.69. The fraction of sp³-hybridized carbons (Fsp3) is 0. The van der Waals surface area contributed by atoms with Gasteiger partial charge in [0.2, 0.25) is 0 Å². The maximum atomic E-state index is 11.0. The van der Waals surface area contributed by atoms with Gasteiger partial charge in [0.05, 0.1) is 6.20 Å². The van der Waals surface area contributed by atoms with E-state index in [9.17, 15) is 15.1 Å². The first-order valence-electron chi connectivity index (χ1n) is 4.52. The minimum atomic E-state index is -0.708. The van der Waals surface area contributed by atoms with Crippen LogP contribution in [-0.4, -0.2) is 20.2 Å². The average Bonchev–Trinajstić information content (AvgIpc) is 2.25. The topological polar surface area (TPSA) is 82.7 Å². The first-order chi connectivity index (χ1) is 7.58. The molecule has 5 heteroatoms. The van der Waals surface area contributed by atoms with E-state index in [4.69, 9.17) is 5.11 Å². The van der Waals surface area contributed by atoms with E-state index in [0.29, 0.717) is 15.9 Å². The van der Waals surface area contributed by atoms with Crippen LogP contribution >= 0.6 is 0 Å². The van der Waals surface area contributed by atoms with Gasteiger partial charge in [-0.3, -0.25) is 4.79 Å². The average molecular weight is 219 g/mol. The molecular formula is C11H9NO4. The molecule has 0 bridgehead atoms. The highest BCUT2D eigenvalue weighted by atomic mass is 16.5. The van der Waals surface area contributed by atoms with Gasteiger partial charge < -0.3 is 15.4 Å². The maximum absolute atomic E-state index is 11.0. The fourth-order valence-electron chi connectivity index (χ4n) is 1.38. The first kappa shape index (κ1) is 10.1. The summed E-state index contributed by atoms with van der Waals surface area (Å²) in [4.78, 5) is 11.0. The van der Waals surface area contributed by atoms with Crippen LogP contribution in [-0.2, 0) is 0 Å². The predicted octanol–water partition coefficient (Wildman–Crippen LogP) is 1.16. The lowest BCUT2D eigenvalue weighted by molar-refractivity contribution is 0.174. The Labute approximate surface area is 90.4 Å². The molecule has 0 aliphatic rings. The molecular weight excluding hydrogens is 210 g/mol. The third kappa shape index (κ3) is 1.70. The van der Waals surface area contributed by atoms with Crippen molar-refractivity contribution in [1.82, 2.24) is 4.73 Å². The molecule has 0 radical (unpaired) electrons. The van der Waals surface area contributed by atoms with Gasteiger partial charge in [-0.25, -0.2) is 0 Å². The fourth-order valence-corrected chi connectivity index (χ4v) is 1.38. The number of phenolic OH excluding ortho intramolecular Hbond substituents is 1. The van der Waals surface area contributed by atoms with Gasteiger partial charge in [-0.1, -0.05) is 12.1 Å². The van der Waals surface area contributed by atoms with E-state index in [-0.39, 0.29) is 11.5 Å². The van der Waals surface area contributed by atoms with E-state index in [1.54, 1.807) is 12.1 Å². The number of pyridine rings is 1. The zero-order chi connectivity index (χ0) is 11.7. The Morgan fingerprint density at radius 2 is 1.69 bits per heavy atom. The summed E-state index contributed by atoms with van der Waals surface area (Å²) in [5.74, 6) is -0.124. The van der Waals surface area contributed by atoms with Crippen molar-refractivity contribution in [3.63, 3.8) is 0 Å². The number of hydrogen-bond acceptors (Lipinski definition) is 4. The van der Waals surface area contributed by atoms with Crippen molar-refractivity contribution in [2.45, 2.75) is 0 Å². The number of hydrogen-bond donors (Lipinski definition) is 3. The summed E-state index contributed by atoms with van der Waals surface area (Å²) in [6.07, 6.45) is 1.12. The van der Waals surface area contributed by atoms with Gasteiger partial charge in [0.15, 0.2) is 0 Å². The van der Waals surface area contributed by atoms with Crippen LogP contribution in [0, 0.1) is 0 Å². The van der Waals surface area contributed by atoms with Crippen LogP contribution in [0.2, 0.25) is 0 Å². The summed E-state index contributed by atoms with van der Waals surface area (Å²) in [7, 11) is 0. The van der Waals surface area contributed by atoms with Crippen molar-refractivity contribution in [3.05, 3.63) is 46.9 Å². The molecule has 0 unspecified atom stereocenters. The molecule has 16 heavy (non-hydrogen) atoms. The molecule has 1 aromatic carbocycles. The van der Waals surface area contributed by atoms with Crippen molar-refractivity contribution >= 4 is 0 Å². The van der Waals surface area contributed by atoms with Crippen LogP contribution in [0.3, 0.4) is 0 Å². The molecule has 0 spiro atoms. The van der Waals surface area contributed by atoms with Gasteiger partial charge in [-0.15, -0.1) is 0 Å². The summed E-state index contributed by atoms with van der Waals surface area (Å²) in [6, 6.07) is 6.94. The van der Waals surface area contributed by atoms with E-state index >= 15 is 0 Å². The van der Waals surface area contributed by atoms with Crippen LogP contribution in [0.1, 0.15) is 0 Å². The van der Waals surface area contributed by atoms with Crippen molar-refractivity contribution in [2.24, 2.45) is 0 Å². The normalized spacial score (nSPS) is 10.2. The first-order valence-corrected chi connectivity index (χ1v) is 4.52. The van der Waals surface area contributed by atoms with Crippen LogP contribution in [0.4, 0.5) is 0 Å². The third-order valence-electron chi connectivity index (χ3n) is 2.19. The zero-order valence-electron chi connectivity index (χ0n) is 8.16. The SMILES string of the molecule is O=c1cc(O)c(-c2ccc(O)cc2)cn1O. The van der Waals surface area contributed by atoms with Gasteiger partial charge in [0.1, 0.15) is 11.5 Å². The summed E-state index contributed by atoms with van der Waals surface area (Å²) < 4.78 is 0.391. The van der Waals surface area contributed by atoms with E-state index < -0.39 is 5.56 Å². The smallest absolute Gasteiger partial charge is 0.286 e. The number of nitrogens with zero attached hydrogens (tertiary/aromatic N) is 1. The number of aromatic hydroxyl groups is 2. The van der Waals surface area contributed by atoms with E-state index in [2.05, 4.69) is 0 Å².